The topological polar surface area (TPSA) is 75.4 Å². The monoisotopic (exact) mass is 417 g/mol. The summed E-state index contributed by atoms with van der Waals surface area (Å²) in [7, 11) is 0. The highest BCUT2D eigenvalue weighted by atomic mass is 32.1. The molecule has 3 amide bonds. The number of amides is 3. The molecule has 1 fully saturated rings. The number of rotatable bonds is 4. The highest BCUT2D eigenvalue weighted by molar-refractivity contribution is 7.13. The number of thiazole rings is 1. The minimum absolute atomic E-state index is 0.114. The summed E-state index contributed by atoms with van der Waals surface area (Å²) in [6.45, 7) is 3.82. The van der Waals surface area contributed by atoms with E-state index in [1.807, 2.05) is 60.8 Å². The molecule has 2 aromatic carbocycles. The fraction of sp³-hybridized carbons (Fsp3) is 0.174. The smallest absolute Gasteiger partial charge is 0.325 e. The third-order valence-corrected chi connectivity index (χ3v) is 6.30. The molecule has 0 saturated carbocycles. The normalized spacial score (nSPS) is 18.9. The van der Waals surface area contributed by atoms with E-state index < -0.39 is 11.6 Å². The first-order valence-corrected chi connectivity index (χ1v) is 10.5. The quantitative estimate of drug-likeness (QED) is 0.483. The number of fused-ring (bicyclic) bond motifs is 1. The molecule has 30 heavy (non-hydrogen) atoms. The van der Waals surface area contributed by atoms with Gasteiger partial charge in [0.2, 0.25) is 0 Å². The molecule has 3 heterocycles. The van der Waals surface area contributed by atoms with Crippen molar-refractivity contribution >= 4 is 34.2 Å². The maximum Gasteiger partial charge on any atom is 0.325 e. The van der Waals surface area contributed by atoms with Crippen LogP contribution in [0, 0.1) is 6.92 Å². The number of furan rings is 1. The van der Waals surface area contributed by atoms with Crippen molar-refractivity contribution in [2.24, 2.45) is 0 Å². The average molecular weight is 417 g/mol. The number of para-hydroxylation sites is 1. The van der Waals surface area contributed by atoms with Crippen LogP contribution < -0.4 is 5.32 Å². The van der Waals surface area contributed by atoms with Crippen molar-refractivity contribution in [3.05, 3.63) is 77.0 Å². The van der Waals surface area contributed by atoms with Gasteiger partial charge in [0.25, 0.3) is 5.91 Å². The van der Waals surface area contributed by atoms with Gasteiger partial charge in [-0.3, -0.25) is 9.69 Å². The number of carbonyl (C=O) groups is 2. The molecule has 1 aliphatic heterocycles. The predicted octanol–water partition coefficient (Wildman–Crippen LogP) is 4.83. The molecule has 2 aromatic heterocycles. The van der Waals surface area contributed by atoms with E-state index in [-0.39, 0.29) is 12.5 Å². The number of benzene rings is 2. The highest BCUT2D eigenvalue weighted by Gasteiger charge is 2.51. The zero-order valence-corrected chi connectivity index (χ0v) is 17.3. The molecule has 4 aromatic rings. The number of carbonyl (C=O) groups excluding carboxylic acids is 2. The number of hydrogen-bond acceptors (Lipinski definition) is 5. The van der Waals surface area contributed by atoms with Crippen LogP contribution in [0.2, 0.25) is 0 Å². The summed E-state index contributed by atoms with van der Waals surface area (Å²) in [5.41, 5.74) is 2.30. The summed E-state index contributed by atoms with van der Waals surface area (Å²) in [5.74, 6) is 0.0691. The lowest BCUT2D eigenvalue weighted by molar-refractivity contribution is -0.132. The summed E-state index contributed by atoms with van der Waals surface area (Å²) < 4.78 is 5.87. The molecule has 0 unspecified atom stereocenters. The molecule has 0 bridgehead atoms. The van der Waals surface area contributed by atoms with Crippen LogP contribution in [0.5, 0.6) is 0 Å². The van der Waals surface area contributed by atoms with Crippen molar-refractivity contribution in [1.82, 2.24) is 15.2 Å². The Hall–Kier alpha value is -3.45. The first-order valence-electron chi connectivity index (χ1n) is 9.59. The van der Waals surface area contributed by atoms with Crippen molar-refractivity contribution in [1.29, 1.82) is 0 Å². The molecule has 150 valence electrons. The Balaban J connectivity index is 1.40. The van der Waals surface area contributed by atoms with Gasteiger partial charge in [-0.25, -0.2) is 9.78 Å². The number of hydrogen-bond donors (Lipinski definition) is 1. The molecule has 5 rings (SSSR count). The summed E-state index contributed by atoms with van der Waals surface area (Å²) in [5, 5.41) is 6.42. The van der Waals surface area contributed by atoms with Crippen LogP contribution in [0.4, 0.5) is 4.79 Å². The Labute approximate surface area is 177 Å². The average Bonchev–Trinajstić information content (AvgIpc) is 3.43. The van der Waals surface area contributed by atoms with Crippen molar-refractivity contribution in [2.75, 3.05) is 0 Å². The molecular weight excluding hydrogens is 398 g/mol. The standard InChI is InChI=1S/C23H19N3O3S/c1-14-7-9-15(10-8-14)20-24-17(13-30-20)12-26-21(27)23(2,25-22(26)28)19-11-16-5-3-4-6-18(16)29-19/h3-11,13H,12H2,1-2H3,(H,25,28)/t23-/m0/s1. The number of nitrogens with one attached hydrogen (secondary N) is 1. The second kappa shape index (κ2) is 6.81. The third-order valence-electron chi connectivity index (χ3n) is 5.36. The minimum atomic E-state index is -1.24. The van der Waals surface area contributed by atoms with Gasteiger partial charge >= 0.3 is 6.03 Å². The van der Waals surface area contributed by atoms with Crippen LogP contribution >= 0.6 is 11.3 Å². The molecular formula is C23H19N3O3S. The minimum Gasteiger partial charge on any atom is -0.458 e. The Bertz CT molecular complexity index is 1240. The first-order chi connectivity index (χ1) is 14.4. The fourth-order valence-corrected chi connectivity index (χ4v) is 4.42. The van der Waals surface area contributed by atoms with E-state index in [9.17, 15) is 9.59 Å². The molecule has 1 N–H and O–H groups in total. The van der Waals surface area contributed by atoms with Crippen LogP contribution in [0.3, 0.4) is 0 Å². The lowest BCUT2D eigenvalue weighted by Gasteiger charge is -2.18. The van der Waals surface area contributed by atoms with Gasteiger partial charge in [0.15, 0.2) is 5.54 Å². The number of aryl methyl sites for hydroxylation is 1. The van der Waals surface area contributed by atoms with E-state index in [1.54, 1.807) is 13.0 Å². The zero-order valence-electron chi connectivity index (χ0n) is 16.5. The predicted molar refractivity (Wildman–Crippen MR) is 115 cm³/mol. The van der Waals surface area contributed by atoms with Crippen molar-refractivity contribution in [3.8, 4) is 10.6 Å². The largest absolute Gasteiger partial charge is 0.458 e. The van der Waals surface area contributed by atoms with E-state index in [4.69, 9.17) is 4.42 Å². The van der Waals surface area contributed by atoms with E-state index in [0.717, 1.165) is 16.0 Å². The maximum atomic E-state index is 13.2. The van der Waals surface area contributed by atoms with Crippen LogP contribution in [0.15, 0.2) is 64.4 Å². The Morgan fingerprint density at radius 3 is 2.67 bits per heavy atom. The van der Waals surface area contributed by atoms with Gasteiger partial charge < -0.3 is 9.73 Å². The number of urea groups is 1. The van der Waals surface area contributed by atoms with Crippen molar-refractivity contribution < 1.29 is 14.0 Å². The Kier molecular flexibility index (Phi) is 4.22. The summed E-state index contributed by atoms with van der Waals surface area (Å²) in [6.07, 6.45) is 0. The molecule has 6 nitrogen and oxygen atoms in total. The van der Waals surface area contributed by atoms with Gasteiger partial charge in [0.1, 0.15) is 16.4 Å². The number of imide groups is 1. The van der Waals surface area contributed by atoms with Crippen molar-refractivity contribution in [2.45, 2.75) is 25.9 Å². The van der Waals surface area contributed by atoms with E-state index in [0.29, 0.717) is 17.0 Å². The lowest BCUT2D eigenvalue weighted by Crippen LogP contribution is -2.40. The van der Waals surface area contributed by atoms with E-state index >= 15 is 0 Å². The summed E-state index contributed by atoms with van der Waals surface area (Å²) >= 11 is 1.49. The fourth-order valence-electron chi connectivity index (χ4n) is 3.61. The third kappa shape index (κ3) is 2.98. The van der Waals surface area contributed by atoms with Gasteiger partial charge in [-0.05, 0) is 26.0 Å². The summed E-state index contributed by atoms with van der Waals surface area (Å²) in [6, 6.07) is 17.0. The van der Waals surface area contributed by atoms with Gasteiger partial charge in [0.05, 0.1) is 12.2 Å². The Morgan fingerprint density at radius 1 is 1.13 bits per heavy atom. The zero-order chi connectivity index (χ0) is 20.9. The van der Waals surface area contributed by atoms with Crippen molar-refractivity contribution in [3.63, 3.8) is 0 Å². The molecule has 1 saturated heterocycles. The van der Waals surface area contributed by atoms with E-state index in [1.165, 1.54) is 21.8 Å². The molecule has 0 spiro atoms. The first kappa shape index (κ1) is 18.6. The molecule has 1 aliphatic rings. The highest BCUT2D eigenvalue weighted by Crippen LogP contribution is 2.34. The maximum absolute atomic E-state index is 13.2. The van der Waals surface area contributed by atoms with Gasteiger partial charge in [-0.1, -0.05) is 48.0 Å². The van der Waals surface area contributed by atoms with E-state index in [2.05, 4.69) is 10.3 Å². The van der Waals surface area contributed by atoms with Crippen LogP contribution in [0.25, 0.3) is 21.5 Å². The number of aromatic nitrogens is 1. The summed E-state index contributed by atoms with van der Waals surface area (Å²) in [4.78, 5) is 31.6. The second-order valence-electron chi connectivity index (χ2n) is 7.60. The van der Waals surface area contributed by atoms with Crippen LogP contribution in [0.1, 0.15) is 23.9 Å². The SMILES string of the molecule is Cc1ccc(-c2nc(CN3C(=O)N[C@@](C)(c4cc5ccccc5o4)C3=O)cs2)cc1. The van der Waals surface area contributed by atoms with Gasteiger partial charge in [-0.2, -0.15) is 0 Å². The van der Waals surface area contributed by atoms with Crippen LogP contribution in [-0.2, 0) is 16.9 Å². The molecule has 1 atom stereocenters. The second-order valence-corrected chi connectivity index (χ2v) is 8.46. The lowest BCUT2D eigenvalue weighted by atomic mass is 9.99. The molecule has 7 heteroatoms. The Morgan fingerprint density at radius 2 is 1.90 bits per heavy atom. The number of nitrogens with zero attached hydrogens (tertiary/aromatic N) is 2. The molecule has 0 aliphatic carbocycles. The van der Waals surface area contributed by atoms with Gasteiger partial charge in [-0.15, -0.1) is 11.3 Å². The molecule has 0 radical (unpaired) electrons. The van der Waals surface area contributed by atoms with Crippen LogP contribution in [-0.4, -0.2) is 21.8 Å². The van der Waals surface area contributed by atoms with Gasteiger partial charge in [0, 0.05) is 16.3 Å².